The van der Waals surface area contributed by atoms with Crippen molar-refractivity contribution in [2.75, 3.05) is 6.54 Å². The van der Waals surface area contributed by atoms with Gasteiger partial charge in [-0.3, -0.25) is 0 Å². The largest absolute Gasteiger partial charge is 0.389 e. The predicted octanol–water partition coefficient (Wildman–Crippen LogP) is 2.55. The van der Waals surface area contributed by atoms with Crippen LogP contribution in [-0.4, -0.2) is 17.3 Å². The van der Waals surface area contributed by atoms with Gasteiger partial charge in [0.25, 0.3) is 0 Å². The standard InChI is InChI=1S/C12H21NOS/c1-9(2)12(4,14)8-13-7-11-10(3)5-6-15-11/h5-6,9,13-14H,7-8H2,1-4H3. The molecular weight excluding hydrogens is 206 g/mol. The molecular formula is C12H21NOS. The molecule has 2 N–H and O–H groups in total. The Kier molecular flexibility index (Phi) is 4.32. The van der Waals surface area contributed by atoms with E-state index in [2.05, 4.69) is 23.7 Å². The summed E-state index contributed by atoms with van der Waals surface area (Å²) in [5.74, 6) is 0.273. The summed E-state index contributed by atoms with van der Waals surface area (Å²) in [6, 6.07) is 2.13. The molecule has 86 valence electrons. The van der Waals surface area contributed by atoms with Crippen molar-refractivity contribution in [2.24, 2.45) is 5.92 Å². The van der Waals surface area contributed by atoms with Crippen LogP contribution in [0.1, 0.15) is 31.2 Å². The van der Waals surface area contributed by atoms with Gasteiger partial charge in [-0.2, -0.15) is 0 Å². The quantitative estimate of drug-likeness (QED) is 0.810. The van der Waals surface area contributed by atoms with Gasteiger partial charge in [-0.1, -0.05) is 13.8 Å². The number of rotatable bonds is 5. The molecule has 1 aromatic rings. The fourth-order valence-corrected chi connectivity index (χ4v) is 2.09. The van der Waals surface area contributed by atoms with E-state index in [0.717, 1.165) is 6.54 Å². The molecule has 2 nitrogen and oxygen atoms in total. The lowest BCUT2D eigenvalue weighted by Gasteiger charge is -2.27. The van der Waals surface area contributed by atoms with E-state index in [-0.39, 0.29) is 5.92 Å². The lowest BCUT2D eigenvalue weighted by molar-refractivity contribution is 0.0140. The second kappa shape index (κ2) is 5.10. The van der Waals surface area contributed by atoms with Crippen LogP contribution >= 0.6 is 11.3 Å². The van der Waals surface area contributed by atoms with Crippen LogP contribution in [0.15, 0.2) is 11.4 Å². The third-order valence-electron chi connectivity index (χ3n) is 2.98. The highest BCUT2D eigenvalue weighted by atomic mass is 32.1. The van der Waals surface area contributed by atoms with Crippen molar-refractivity contribution in [3.63, 3.8) is 0 Å². The van der Waals surface area contributed by atoms with E-state index in [4.69, 9.17) is 0 Å². The van der Waals surface area contributed by atoms with E-state index in [1.807, 2.05) is 20.8 Å². The molecule has 0 radical (unpaired) electrons. The van der Waals surface area contributed by atoms with Gasteiger partial charge >= 0.3 is 0 Å². The van der Waals surface area contributed by atoms with Crippen molar-refractivity contribution in [3.05, 3.63) is 21.9 Å². The van der Waals surface area contributed by atoms with E-state index >= 15 is 0 Å². The smallest absolute Gasteiger partial charge is 0.0766 e. The van der Waals surface area contributed by atoms with Crippen molar-refractivity contribution < 1.29 is 5.11 Å². The maximum atomic E-state index is 10.0. The van der Waals surface area contributed by atoms with Crippen molar-refractivity contribution in [2.45, 2.75) is 39.8 Å². The molecule has 1 unspecified atom stereocenters. The average Bonchev–Trinajstić information content (AvgIpc) is 2.51. The number of aryl methyl sites for hydroxylation is 1. The molecule has 0 saturated heterocycles. The first-order valence-electron chi connectivity index (χ1n) is 5.39. The van der Waals surface area contributed by atoms with Crippen LogP contribution in [0, 0.1) is 12.8 Å². The minimum absolute atomic E-state index is 0.273. The minimum atomic E-state index is -0.620. The van der Waals surface area contributed by atoms with E-state index in [9.17, 15) is 5.11 Å². The zero-order valence-corrected chi connectivity index (χ0v) is 10.8. The normalized spacial score (nSPS) is 15.6. The lowest BCUT2D eigenvalue weighted by atomic mass is 9.92. The maximum absolute atomic E-state index is 10.0. The Morgan fingerprint density at radius 1 is 1.53 bits per heavy atom. The highest BCUT2D eigenvalue weighted by molar-refractivity contribution is 7.10. The molecule has 15 heavy (non-hydrogen) atoms. The third-order valence-corrected chi connectivity index (χ3v) is 4.00. The number of thiophene rings is 1. The third kappa shape index (κ3) is 3.59. The maximum Gasteiger partial charge on any atom is 0.0766 e. The monoisotopic (exact) mass is 227 g/mol. The number of nitrogens with one attached hydrogen (secondary N) is 1. The van der Waals surface area contributed by atoms with Crippen molar-refractivity contribution in [1.29, 1.82) is 0 Å². The number of aliphatic hydroxyl groups is 1. The number of hydrogen-bond donors (Lipinski definition) is 2. The molecule has 1 atom stereocenters. The second-order valence-corrected chi connectivity index (χ2v) is 5.64. The molecule has 3 heteroatoms. The Morgan fingerprint density at radius 3 is 2.67 bits per heavy atom. The zero-order chi connectivity index (χ0) is 11.5. The fourth-order valence-electron chi connectivity index (χ4n) is 1.22. The second-order valence-electron chi connectivity index (χ2n) is 4.64. The summed E-state index contributed by atoms with van der Waals surface area (Å²) in [5.41, 5.74) is 0.710. The Bertz CT molecular complexity index is 304. The molecule has 0 aliphatic rings. The van der Waals surface area contributed by atoms with Crippen LogP contribution < -0.4 is 5.32 Å². The molecule has 0 spiro atoms. The summed E-state index contributed by atoms with van der Waals surface area (Å²) in [6.45, 7) is 9.57. The summed E-state index contributed by atoms with van der Waals surface area (Å²) in [7, 11) is 0. The lowest BCUT2D eigenvalue weighted by Crippen LogP contribution is -2.41. The molecule has 1 rings (SSSR count). The molecule has 0 saturated carbocycles. The molecule has 0 fully saturated rings. The van der Waals surface area contributed by atoms with Gasteiger partial charge in [-0.15, -0.1) is 11.3 Å². The van der Waals surface area contributed by atoms with Gasteiger partial charge in [0.1, 0.15) is 0 Å². The van der Waals surface area contributed by atoms with Gasteiger partial charge in [0.15, 0.2) is 0 Å². The molecule has 0 aromatic carbocycles. The van der Waals surface area contributed by atoms with Gasteiger partial charge in [0.05, 0.1) is 5.60 Å². The average molecular weight is 227 g/mol. The van der Waals surface area contributed by atoms with Gasteiger partial charge in [-0.05, 0) is 36.8 Å². The van der Waals surface area contributed by atoms with Gasteiger partial charge in [0.2, 0.25) is 0 Å². The molecule has 0 aliphatic carbocycles. The van der Waals surface area contributed by atoms with Crippen molar-refractivity contribution in [3.8, 4) is 0 Å². The number of hydrogen-bond acceptors (Lipinski definition) is 3. The molecule has 1 heterocycles. The molecule has 0 amide bonds. The summed E-state index contributed by atoms with van der Waals surface area (Å²) < 4.78 is 0. The Morgan fingerprint density at radius 2 is 2.20 bits per heavy atom. The molecule has 0 aliphatic heterocycles. The first-order valence-corrected chi connectivity index (χ1v) is 6.27. The Labute approximate surface area is 96.3 Å². The van der Waals surface area contributed by atoms with Gasteiger partial charge in [-0.25, -0.2) is 0 Å². The van der Waals surface area contributed by atoms with Gasteiger partial charge in [0, 0.05) is 18.0 Å². The summed E-state index contributed by atoms with van der Waals surface area (Å²) in [6.07, 6.45) is 0. The van der Waals surface area contributed by atoms with Crippen LogP contribution in [0.5, 0.6) is 0 Å². The van der Waals surface area contributed by atoms with Crippen LogP contribution in [0.3, 0.4) is 0 Å². The molecule has 1 aromatic heterocycles. The van der Waals surface area contributed by atoms with Crippen molar-refractivity contribution >= 4 is 11.3 Å². The summed E-state index contributed by atoms with van der Waals surface area (Å²) in [5, 5.41) is 15.4. The van der Waals surface area contributed by atoms with E-state index in [1.54, 1.807) is 11.3 Å². The Hall–Kier alpha value is -0.380. The van der Waals surface area contributed by atoms with Crippen molar-refractivity contribution in [1.82, 2.24) is 5.32 Å². The highest BCUT2D eigenvalue weighted by Gasteiger charge is 2.23. The SMILES string of the molecule is Cc1ccsc1CNCC(C)(O)C(C)C. The van der Waals surface area contributed by atoms with Crippen LogP contribution in [0.25, 0.3) is 0 Å². The Balaban J connectivity index is 2.37. The zero-order valence-electron chi connectivity index (χ0n) is 10.0. The minimum Gasteiger partial charge on any atom is -0.389 e. The first kappa shape index (κ1) is 12.7. The van der Waals surface area contributed by atoms with Crippen LogP contribution in [0.4, 0.5) is 0 Å². The topological polar surface area (TPSA) is 32.3 Å². The van der Waals surface area contributed by atoms with Crippen LogP contribution in [-0.2, 0) is 6.54 Å². The van der Waals surface area contributed by atoms with E-state index in [1.165, 1.54) is 10.4 Å². The summed E-state index contributed by atoms with van der Waals surface area (Å²) >= 11 is 1.76. The van der Waals surface area contributed by atoms with E-state index < -0.39 is 5.60 Å². The van der Waals surface area contributed by atoms with Crippen LogP contribution in [0.2, 0.25) is 0 Å². The summed E-state index contributed by atoms with van der Waals surface area (Å²) in [4.78, 5) is 1.36. The first-order chi connectivity index (χ1) is 6.93. The predicted molar refractivity (Wildman–Crippen MR) is 66.2 cm³/mol. The van der Waals surface area contributed by atoms with Gasteiger partial charge < -0.3 is 10.4 Å². The van der Waals surface area contributed by atoms with E-state index in [0.29, 0.717) is 6.54 Å². The fraction of sp³-hybridized carbons (Fsp3) is 0.667. The highest BCUT2D eigenvalue weighted by Crippen LogP contribution is 2.17. The molecule has 0 bridgehead atoms.